The minimum absolute atomic E-state index is 0.118. The van der Waals surface area contributed by atoms with Gasteiger partial charge in [0.05, 0.1) is 6.10 Å². The highest BCUT2D eigenvalue weighted by atomic mass is 35.5. The molecule has 3 atom stereocenters. The second-order valence-electron chi connectivity index (χ2n) is 5.61. The standard InChI is InChI=1S/C15H20ClNO2/c16-12-4-5-15-11(6-12)7-13(19-15)9-17-8-10-2-1-3-14(10)18/h4-6,10,13-14,17-18H,1-3,7-9H2. The Morgan fingerprint density at radius 2 is 2.21 bits per heavy atom. The van der Waals surface area contributed by atoms with Crippen LogP contribution in [0.2, 0.25) is 5.02 Å². The highest BCUT2D eigenvalue weighted by Gasteiger charge is 2.26. The molecule has 1 aliphatic carbocycles. The molecule has 0 amide bonds. The molecule has 19 heavy (non-hydrogen) atoms. The lowest BCUT2D eigenvalue weighted by Crippen LogP contribution is -2.35. The molecule has 104 valence electrons. The zero-order chi connectivity index (χ0) is 13.2. The average molecular weight is 282 g/mol. The lowest BCUT2D eigenvalue weighted by atomic mass is 10.1. The van der Waals surface area contributed by atoms with Crippen LogP contribution in [0.15, 0.2) is 18.2 Å². The molecular formula is C15H20ClNO2. The molecule has 4 heteroatoms. The number of aliphatic hydroxyl groups excluding tert-OH is 1. The maximum atomic E-state index is 9.77. The second-order valence-corrected chi connectivity index (χ2v) is 6.05. The molecule has 1 aliphatic heterocycles. The molecule has 0 aromatic heterocycles. The van der Waals surface area contributed by atoms with Crippen LogP contribution in [0.25, 0.3) is 0 Å². The van der Waals surface area contributed by atoms with Crippen LogP contribution in [-0.2, 0) is 6.42 Å². The van der Waals surface area contributed by atoms with Crippen LogP contribution in [0, 0.1) is 5.92 Å². The minimum atomic E-state index is -0.118. The predicted octanol–water partition coefficient (Wildman–Crippen LogP) is 2.39. The minimum Gasteiger partial charge on any atom is -0.488 e. The fourth-order valence-corrected chi connectivity index (χ4v) is 3.28. The Kier molecular flexibility index (Phi) is 3.96. The molecule has 2 aliphatic rings. The van der Waals surface area contributed by atoms with E-state index in [4.69, 9.17) is 16.3 Å². The van der Waals surface area contributed by atoms with Gasteiger partial charge in [0.25, 0.3) is 0 Å². The highest BCUT2D eigenvalue weighted by Crippen LogP contribution is 2.31. The van der Waals surface area contributed by atoms with Crippen LogP contribution in [-0.4, -0.2) is 30.4 Å². The first kappa shape index (κ1) is 13.2. The van der Waals surface area contributed by atoms with Gasteiger partial charge in [-0.25, -0.2) is 0 Å². The molecule has 1 saturated carbocycles. The van der Waals surface area contributed by atoms with Crippen molar-refractivity contribution < 1.29 is 9.84 Å². The first-order chi connectivity index (χ1) is 9.22. The number of hydrogen-bond donors (Lipinski definition) is 2. The molecule has 0 spiro atoms. The van der Waals surface area contributed by atoms with Crippen LogP contribution in [0.5, 0.6) is 5.75 Å². The first-order valence-corrected chi connectivity index (χ1v) is 7.44. The summed E-state index contributed by atoms with van der Waals surface area (Å²) in [6, 6.07) is 5.79. The summed E-state index contributed by atoms with van der Waals surface area (Å²) in [6.45, 7) is 1.72. The lowest BCUT2D eigenvalue weighted by molar-refractivity contribution is 0.128. The van der Waals surface area contributed by atoms with Crippen molar-refractivity contribution in [1.29, 1.82) is 0 Å². The Hall–Kier alpha value is -0.770. The number of hydrogen-bond acceptors (Lipinski definition) is 3. The van der Waals surface area contributed by atoms with Crippen molar-refractivity contribution in [3.63, 3.8) is 0 Å². The number of rotatable bonds is 4. The van der Waals surface area contributed by atoms with Crippen molar-refractivity contribution in [3.8, 4) is 5.75 Å². The first-order valence-electron chi connectivity index (χ1n) is 7.06. The summed E-state index contributed by atoms with van der Waals surface area (Å²) in [5, 5.41) is 14.0. The molecule has 0 bridgehead atoms. The molecule has 1 heterocycles. The molecule has 3 nitrogen and oxygen atoms in total. The second kappa shape index (κ2) is 5.70. The maximum absolute atomic E-state index is 9.77. The number of aliphatic hydroxyl groups is 1. The van der Waals surface area contributed by atoms with Gasteiger partial charge in [-0.05, 0) is 42.5 Å². The van der Waals surface area contributed by atoms with Crippen LogP contribution in [0.3, 0.4) is 0 Å². The fourth-order valence-electron chi connectivity index (χ4n) is 3.09. The van der Waals surface area contributed by atoms with Crippen molar-refractivity contribution in [1.82, 2.24) is 5.32 Å². The Bertz CT molecular complexity index is 452. The smallest absolute Gasteiger partial charge is 0.123 e. The summed E-state index contributed by atoms with van der Waals surface area (Å²) >= 11 is 5.98. The van der Waals surface area contributed by atoms with Gasteiger partial charge in [-0.15, -0.1) is 0 Å². The summed E-state index contributed by atoms with van der Waals surface area (Å²) in [7, 11) is 0. The van der Waals surface area contributed by atoms with Gasteiger partial charge < -0.3 is 15.2 Å². The fraction of sp³-hybridized carbons (Fsp3) is 0.600. The van der Waals surface area contributed by atoms with Crippen molar-refractivity contribution >= 4 is 11.6 Å². The molecule has 3 unspecified atom stereocenters. The van der Waals surface area contributed by atoms with Gasteiger partial charge in [0.1, 0.15) is 11.9 Å². The van der Waals surface area contributed by atoms with Crippen LogP contribution >= 0.6 is 11.6 Å². The number of fused-ring (bicyclic) bond motifs is 1. The van der Waals surface area contributed by atoms with Gasteiger partial charge in [-0.3, -0.25) is 0 Å². The Morgan fingerprint density at radius 1 is 1.32 bits per heavy atom. The monoisotopic (exact) mass is 281 g/mol. The van der Waals surface area contributed by atoms with Crippen molar-refractivity contribution in [3.05, 3.63) is 28.8 Å². The van der Waals surface area contributed by atoms with Gasteiger partial charge in [0.15, 0.2) is 0 Å². The molecule has 0 saturated heterocycles. The Labute approximate surface area is 118 Å². The lowest BCUT2D eigenvalue weighted by Gasteiger charge is -2.17. The van der Waals surface area contributed by atoms with E-state index in [0.29, 0.717) is 5.92 Å². The van der Waals surface area contributed by atoms with Gasteiger partial charge >= 0.3 is 0 Å². The Morgan fingerprint density at radius 3 is 3.00 bits per heavy atom. The van der Waals surface area contributed by atoms with E-state index < -0.39 is 0 Å². The number of benzene rings is 1. The van der Waals surface area contributed by atoms with E-state index in [1.54, 1.807) is 0 Å². The molecule has 0 radical (unpaired) electrons. The van der Waals surface area contributed by atoms with Gasteiger partial charge in [-0.2, -0.15) is 0 Å². The van der Waals surface area contributed by atoms with Gasteiger partial charge in [-0.1, -0.05) is 18.0 Å². The topological polar surface area (TPSA) is 41.5 Å². The van der Waals surface area contributed by atoms with Crippen molar-refractivity contribution in [2.45, 2.75) is 37.9 Å². The van der Waals surface area contributed by atoms with Crippen LogP contribution < -0.4 is 10.1 Å². The van der Waals surface area contributed by atoms with Gasteiger partial charge in [0.2, 0.25) is 0 Å². The number of ether oxygens (including phenoxy) is 1. The normalized spacial score (nSPS) is 29.3. The van der Waals surface area contributed by atoms with E-state index >= 15 is 0 Å². The predicted molar refractivity (Wildman–Crippen MR) is 75.8 cm³/mol. The third-order valence-electron chi connectivity index (χ3n) is 4.16. The maximum Gasteiger partial charge on any atom is 0.123 e. The summed E-state index contributed by atoms with van der Waals surface area (Å²) in [6.07, 6.45) is 4.22. The average Bonchev–Trinajstić information content (AvgIpc) is 2.95. The molecule has 1 aromatic rings. The van der Waals surface area contributed by atoms with Crippen molar-refractivity contribution in [2.24, 2.45) is 5.92 Å². The molecular weight excluding hydrogens is 262 g/mol. The number of nitrogens with one attached hydrogen (secondary N) is 1. The highest BCUT2D eigenvalue weighted by molar-refractivity contribution is 6.30. The SMILES string of the molecule is OC1CCCC1CNCC1Cc2cc(Cl)ccc2O1. The van der Waals surface area contributed by atoms with Gasteiger partial charge in [0, 0.05) is 24.5 Å². The third-order valence-corrected chi connectivity index (χ3v) is 4.40. The molecule has 2 N–H and O–H groups in total. The quantitative estimate of drug-likeness (QED) is 0.890. The van der Waals surface area contributed by atoms with E-state index in [-0.39, 0.29) is 12.2 Å². The number of halogens is 1. The van der Waals surface area contributed by atoms with E-state index in [1.165, 1.54) is 5.56 Å². The van der Waals surface area contributed by atoms with E-state index in [0.717, 1.165) is 49.5 Å². The zero-order valence-electron chi connectivity index (χ0n) is 10.9. The summed E-state index contributed by atoms with van der Waals surface area (Å²) in [5.74, 6) is 1.37. The molecule has 3 rings (SSSR count). The van der Waals surface area contributed by atoms with Crippen molar-refractivity contribution in [2.75, 3.05) is 13.1 Å². The van der Waals surface area contributed by atoms with Crippen LogP contribution in [0.1, 0.15) is 24.8 Å². The third kappa shape index (κ3) is 3.04. The summed E-state index contributed by atoms with van der Waals surface area (Å²) in [5.41, 5.74) is 1.19. The summed E-state index contributed by atoms with van der Waals surface area (Å²) < 4.78 is 5.87. The Balaban J connectivity index is 1.46. The summed E-state index contributed by atoms with van der Waals surface area (Å²) in [4.78, 5) is 0. The van der Waals surface area contributed by atoms with E-state index in [9.17, 15) is 5.11 Å². The van der Waals surface area contributed by atoms with Crippen LogP contribution in [0.4, 0.5) is 0 Å². The zero-order valence-corrected chi connectivity index (χ0v) is 11.7. The van der Waals surface area contributed by atoms with E-state index in [2.05, 4.69) is 5.32 Å². The van der Waals surface area contributed by atoms with E-state index in [1.807, 2.05) is 18.2 Å². The largest absolute Gasteiger partial charge is 0.488 e. The molecule has 1 fully saturated rings. The molecule has 1 aromatic carbocycles.